The van der Waals surface area contributed by atoms with E-state index >= 15 is 0 Å². The molecule has 1 atom stereocenters. The van der Waals surface area contributed by atoms with E-state index in [1.165, 1.54) is 7.11 Å². The molecule has 9 nitrogen and oxygen atoms in total. The minimum atomic E-state index is -0.635. The van der Waals surface area contributed by atoms with Crippen molar-refractivity contribution < 1.29 is 28.6 Å². The Kier molecular flexibility index (Phi) is 9.90. The summed E-state index contributed by atoms with van der Waals surface area (Å²) in [5, 5.41) is 2.91. The molecule has 0 bridgehead atoms. The highest BCUT2D eigenvalue weighted by Gasteiger charge is 2.38. The third kappa shape index (κ3) is 8.01. The van der Waals surface area contributed by atoms with Crippen LogP contribution in [0.2, 0.25) is 0 Å². The van der Waals surface area contributed by atoms with Gasteiger partial charge in [0.2, 0.25) is 5.91 Å². The molecule has 1 N–H and O–H groups in total. The third-order valence-electron chi connectivity index (χ3n) is 7.59. The number of nitrogens with zero attached hydrogens (tertiary/aromatic N) is 2. The molecule has 3 rings (SSSR count). The Balaban J connectivity index is 1.62. The topological polar surface area (TPSA) is 97.4 Å². The molecule has 1 aromatic rings. The fourth-order valence-electron chi connectivity index (χ4n) is 5.05. The predicted molar refractivity (Wildman–Crippen MR) is 147 cm³/mol. The van der Waals surface area contributed by atoms with Gasteiger partial charge in [-0.15, -0.1) is 0 Å². The number of carbonyl (C=O) groups excluding carboxylic acids is 3. The maximum Gasteiger partial charge on any atom is 0.408 e. The average Bonchev–Trinajstić information content (AvgIpc) is 2.83. The maximum absolute atomic E-state index is 13.5. The standard InChI is InChI=1S/C29H45N3O6/c1-29(2,3)38-28(35)30-25(26(33)32(6)22-9-8-10-22)20-13-11-19(12-14-20)18-37-24-16-21(27(34)36-7)15-23(17-24)31(4)5/h15-17,19-20,22,25H,8-14,18H2,1-7H3,(H,30,35)/t19?,20?,25-/m0/s1. The van der Waals surface area contributed by atoms with Gasteiger partial charge in [-0.05, 0) is 89.7 Å². The highest BCUT2D eigenvalue weighted by molar-refractivity contribution is 5.91. The molecule has 2 fully saturated rings. The van der Waals surface area contributed by atoms with Gasteiger partial charge in [-0.25, -0.2) is 9.59 Å². The molecule has 2 amide bonds. The van der Waals surface area contributed by atoms with Crippen LogP contribution in [0.4, 0.5) is 10.5 Å². The summed E-state index contributed by atoms with van der Waals surface area (Å²) in [5.41, 5.74) is 0.670. The van der Waals surface area contributed by atoms with Crippen LogP contribution in [-0.4, -0.2) is 75.4 Å². The molecule has 0 aromatic heterocycles. The minimum absolute atomic E-state index is 0.0314. The van der Waals surface area contributed by atoms with Crippen LogP contribution < -0.4 is 15.0 Å². The zero-order valence-corrected chi connectivity index (χ0v) is 24.0. The smallest absolute Gasteiger partial charge is 0.408 e. The van der Waals surface area contributed by atoms with Crippen LogP contribution in [0.15, 0.2) is 18.2 Å². The minimum Gasteiger partial charge on any atom is -0.493 e. The van der Waals surface area contributed by atoms with Crippen LogP contribution in [-0.2, 0) is 14.3 Å². The van der Waals surface area contributed by atoms with Gasteiger partial charge in [0.1, 0.15) is 17.4 Å². The van der Waals surface area contributed by atoms with E-state index in [0.717, 1.165) is 50.6 Å². The Labute approximate surface area is 227 Å². The molecule has 2 aliphatic rings. The lowest BCUT2D eigenvalue weighted by Crippen LogP contribution is -2.55. The van der Waals surface area contributed by atoms with Gasteiger partial charge in [0.05, 0.1) is 19.3 Å². The highest BCUT2D eigenvalue weighted by atomic mass is 16.6. The summed E-state index contributed by atoms with van der Waals surface area (Å²) in [6.45, 7) is 5.97. The van der Waals surface area contributed by atoms with Gasteiger partial charge in [-0.2, -0.15) is 0 Å². The molecule has 0 radical (unpaired) electrons. The van der Waals surface area contributed by atoms with Crippen LogP contribution in [0.5, 0.6) is 5.75 Å². The fourth-order valence-corrected chi connectivity index (χ4v) is 5.05. The monoisotopic (exact) mass is 531 g/mol. The first kappa shape index (κ1) is 29.6. The quantitative estimate of drug-likeness (QED) is 0.464. The van der Waals surface area contributed by atoms with Crippen LogP contribution in [0.3, 0.4) is 0 Å². The van der Waals surface area contributed by atoms with E-state index in [1.54, 1.807) is 12.1 Å². The number of rotatable bonds is 9. The summed E-state index contributed by atoms with van der Waals surface area (Å²) in [7, 11) is 7.03. The number of amides is 2. The molecule has 0 spiro atoms. The summed E-state index contributed by atoms with van der Waals surface area (Å²) in [6, 6.07) is 5.05. The number of methoxy groups -OCH3 is 1. The number of ether oxygens (including phenoxy) is 3. The molecule has 0 unspecified atom stereocenters. The van der Waals surface area contributed by atoms with Crippen molar-refractivity contribution in [3.8, 4) is 5.75 Å². The lowest BCUT2D eigenvalue weighted by atomic mass is 9.78. The zero-order chi connectivity index (χ0) is 28.0. The van der Waals surface area contributed by atoms with Crippen molar-refractivity contribution in [3.05, 3.63) is 23.8 Å². The van der Waals surface area contributed by atoms with Gasteiger partial charge in [0, 0.05) is 38.9 Å². The first-order valence-electron chi connectivity index (χ1n) is 13.7. The molecule has 2 saturated carbocycles. The van der Waals surface area contributed by atoms with Crippen molar-refractivity contribution in [2.24, 2.45) is 11.8 Å². The third-order valence-corrected chi connectivity index (χ3v) is 7.59. The zero-order valence-electron chi connectivity index (χ0n) is 24.0. The highest BCUT2D eigenvalue weighted by Crippen LogP contribution is 2.34. The normalized spacial score (nSPS) is 20.5. The second-order valence-corrected chi connectivity index (χ2v) is 11.9. The number of nitrogens with one attached hydrogen (secondary N) is 1. The summed E-state index contributed by atoms with van der Waals surface area (Å²) >= 11 is 0. The van der Waals surface area contributed by atoms with Gasteiger partial charge >= 0.3 is 12.1 Å². The van der Waals surface area contributed by atoms with Crippen LogP contribution in [0.25, 0.3) is 0 Å². The van der Waals surface area contributed by atoms with E-state index in [1.807, 2.05) is 57.8 Å². The molecule has 0 saturated heterocycles. The van der Waals surface area contributed by atoms with Crippen molar-refractivity contribution in [3.63, 3.8) is 0 Å². The Morgan fingerprint density at radius 3 is 2.18 bits per heavy atom. The van der Waals surface area contributed by atoms with E-state index in [-0.39, 0.29) is 17.9 Å². The number of carbonyl (C=O) groups is 3. The number of benzene rings is 1. The van der Waals surface area contributed by atoms with Gasteiger partial charge in [0.25, 0.3) is 0 Å². The summed E-state index contributed by atoms with van der Waals surface area (Å²) in [5.74, 6) is 0.546. The fraction of sp³-hybridized carbons (Fsp3) is 0.690. The van der Waals surface area contributed by atoms with Crippen molar-refractivity contribution in [2.45, 2.75) is 83.4 Å². The molecule has 38 heavy (non-hydrogen) atoms. The Morgan fingerprint density at radius 1 is 1.00 bits per heavy atom. The Morgan fingerprint density at radius 2 is 1.66 bits per heavy atom. The van der Waals surface area contributed by atoms with Crippen molar-refractivity contribution in [1.82, 2.24) is 10.2 Å². The number of hydrogen-bond donors (Lipinski definition) is 1. The van der Waals surface area contributed by atoms with Gasteiger partial charge < -0.3 is 29.3 Å². The lowest BCUT2D eigenvalue weighted by Gasteiger charge is -2.40. The average molecular weight is 532 g/mol. The molecule has 9 heteroatoms. The first-order chi connectivity index (χ1) is 17.9. The second kappa shape index (κ2) is 12.7. The lowest BCUT2D eigenvalue weighted by molar-refractivity contribution is -0.137. The number of hydrogen-bond acceptors (Lipinski definition) is 7. The van der Waals surface area contributed by atoms with Crippen molar-refractivity contribution in [2.75, 3.05) is 39.8 Å². The number of anilines is 1. The number of esters is 1. The Hall–Kier alpha value is -2.97. The van der Waals surface area contributed by atoms with E-state index < -0.39 is 23.7 Å². The van der Waals surface area contributed by atoms with Crippen molar-refractivity contribution in [1.29, 1.82) is 0 Å². The molecular weight excluding hydrogens is 486 g/mol. The number of likely N-dealkylation sites (N-methyl/N-ethyl adjacent to an activating group) is 1. The van der Waals surface area contributed by atoms with E-state index in [4.69, 9.17) is 14.2 Å². The van der Waals surface area contributed by atoms with Crippen molar-refractivity contribution >= 4 is 23.7 Å². The first-order valence-corrected chi connectivity index (χ1v) is 13.7. The molecular formula is C29H45N3O6. The van der Waals surface area contributed by atoms with Gasteiger partial charge in [0.15, 0.2) is 0 Å². The van der Waals surface area contributed by atoms with Gasteiger partial charge in [-0.1, -0.05) is 0 Å². The van der Waals surface area contributed by atoms with E-state index in [9.17, 15) is 14.4 Å². The Bertz CT molecular complexity index is 977. The number of alkyl carbamates (subject to hydrolysis) is 1. The molecule has 0 heterocycles. The predicted octanol–water partition coefficient (Wildman–Crippen LogP) is 4.63. The van der Waals surface area contributed by atoms with E-state index in [2.05, 4.69) is 5.32 Å². The second-order valence-electron chi connectivity index (χ2n) is 11.9. The molecule has 1 aromatic carbocycles. The largest absolute Gasteiger partial charge is 0.493 e. The SMILES string of the molecule is COC(=O)c1cc(OCC2CCC([C@H](NC(=O)OC(C)(C)C)C(=O)N(C)C3CCC3)CC2)cc(N(C)C)c1. The summed E-state index contributed by atoms with van der Waals surface area (Å²) in [6.07, 6.45) is 6.00. The summed E-state index contributed by atoms with van der Waals surface area (Å²) < 4.78 is 16.5. The molecule has 212 valence electrons. The van der Waals surface area contributed by atoms with Crippen LogP contribution in [0.1, 0.15) is 76.1 Å². The van der Waals surface area contributed by atoms with Crippen LogP contribution >= 0.6 is 0 Å². The maximum atomic E-state index is 13.5. The van der Waals surface area contributed by atoms with Crippen LogP contribution in [0, 0.1) is 11.8 Å². The van der Waals surface area contributed by atoms with E-state index in [0.29, 0.717) is 23.8 Å². The van der Waals surface area contributed by atoms with Gasteiger partial charge in [-0.3, -0.25) is 4.79 Å². The summed E-state index contributed by atoms with van der Waals surface area (Å²) in [4.78, 5) is 41.9. The molecule has 2 aliphatic carbocycles. The molecule has 0 aliphatic heterocycles.